The van der Waals surface area contributed by atoms with Crippen molar-refractivity contribution in [1.29, 1.82) is 0 Å². The van der Waals surface area contributed by atoms with Crippen molar-refractivity contribution in [2.45, 2.75) is 13.5 Å². The van der Waals surface area contributed by atoms with Crippen LogP contribution in [0.15, 0.2) is 64.7 Å². The molecule has 1 fully saturated rings. The van der Waals surface area contributed by atoms with E-state index in [2.05, 4.69) is 5.32 Å². The molecule has 31 heavy (non-hydrogen) atoms. The quantitative estimate of drug-likeness (QED) is 0.446. The minimum atomic E-state index is -1.14. The zero-order valence-electron chi connectivity index (χ0n) is 16.4. The largest absolute Gasteiger partial charge is 0.478 e. The number of aromatic carboxylic acids is 1. The van der Waals surface area contributed by atoms with Gasteiger partial charge in [0, 0.05) is 11.6 Å². The molecule has 8 heteroatoms. The monoisotopic (exact) mass is 436 g/mol. The van der Waals surface area contributed by atoms with E-state index in [1.54, 1.807) is 18.2 Å². The van der Waals surface area contributed by atoms with Crippen LogP contribution in [-0.2, 0) is 11.3 Å². The van der Waals surface area contributed by atoms with Gasteiger partial charge in [-0.05, 0) is 42.8 Å². The molecule has 1 saturated heterocycles. The topological polar surface area (TPSA) is 99.8 Å². The summed E-state index contributed by atoms with van der Waals surface area (Å²) in [6, 6.07) is 14.9. The van der Waals surface area contributed by atoms with Crippen LogP contribution in [0.1, 0.15) is 27.2 Å². The van der Waals surface area contributed by atoms with Gasteiger partial charge in [0.05, 0.1) is 17.1 Å². The van der Waals surface area contributed by atoms with Crippen molar-refractivity contribution in [3.63, 3.8) is 0 Å². The van der Waals surface area contributed by atoms with Crippen LogP contribution in [0.5, 0.6) is 0 Å². The number of nitrogens with one attached hydrogen (secondary N) is 1. The Bertz CT molecular complexity index is 1230. The number of imide groups is 1. The molecule has 7 nitrogen and oxygen atoms in total. The Hall–Kier alpha value is -3.84. The maximum atomic E-state index is 12.7. The SMILES string of the molecule is Cc1ccc(CN2C(=O)N/C(=C\c3ccc(-c4ccc(Cl)c(C(=O)O)c4)o3)C2=O)cc1. The van der Waals surface area contributed by atoms with Crippen LogP contribution in [-0.4, -0.2) is 27.9 Å². The van der Waals surface area contributed by atoms with Crippen LogP contribution in [0.2, 0.25) is 5.02 Å². The molecule has 4 rings (SSSR count). The summed E-state index contributed by atoms with van der Waals surface area (Å²) in [7, 11) is 0. The van der Waals surface area contributed by atoms with Gasteiger partial charge < -0.3 is 14.8 Å². The molecule has 0 unspecified atom stereocenters. The summed E-state index contributed by atoms with van der Waals surface area (Å²) in [5.74, 6) is -0.862. The third kappa shape index (κ3) is 4.22. The highest BCUT2D eigenvalue weighted by Gasteiger charge is 2.33. The van der Waals surface area contributed by atoms with E-state index < -0.39 is 17.9 Å². The first-order valence-corrected chi connectivity index (χ1v) is 9.73. The van der Waals surface area contributed by atoms with Gasteiger partial charge in [-0.3, -0.25) is 9.69 Å². The summed E-state index contributed by atoms with van der Waals surface area (Å²) < 4.78 is 5.72. The van der Waals surface area contributed by atoms with Crippen molar-refractivity contribution < 1.29 is 23.9 Å². The number of hydrogen-bond acceptors (Lipinski definition) is 4. The lowest BCUT2D eigenvalue weighted by atomic mass is 10.1. The van der Waals surface area contributed by atoms with E-state index in [1.165, 1.54) is 18.2 Å². The van der Waals surface area contributed by atoms with Gasteiger partial charge in [-0.1, -0.05) is 41.4 Å². The highest BCUT2D eigenvalue weighted by Crippen LogP contribution is 2.28. The summed E-state index contributed by atoms with van der Waals surface area (Å²) in [5.41, 5.74) is 2.51. The molecule has 1 aliphatic heterocycles. The van der Waals surface area contributed by atoms with Crippen LogP contribution in [0.3, 0.4) is 0 Å². The lowest BCUT2D eigenvalue weighted by Crippen LogP contribution is -2.30. The Morgan fingerprint density at radius 2 is 1.87 bits per heavy atom. The van der Waals surface area contributed by atoms with Gasteiger partial charge in [0.15, 0.2) is 0 Å². The Kier molecular flexibility index (Phi) is 5.35. The molecular weight excluding hydrogens is 420 g/mol. The van der Waals surface area contributed by atoms with Gasteiger partial charge in [0.25, 0.3) is 5.91 Å². The number of carboxylic acids is 1. The Morgan fingerprint density at radius 3 is 2.58 bits per heavy atom. The zero-order chi connectivity index (χ0) is 22.1. The third-order valence-electron chi connectivity index (χ3n) is 4.82. The normalized spacial score (nSPS) is 14.9. The molecule has 3 amide bonds. The fraction of sp³-hybridized carbons (Fsp3) is 0.0870. The number of nitrogens with zero attached hydrogens (tertiary/aromatic N) is 1. The molecule has 1 aliphatic rings. The number of rotatable bonds is 5. The van der Waals surface area contributed by atoms with E-state index in [9.17, 15) is 19.5 Å². The van der Waals surface area contributed by atoms with E-state index in [0.29, 0.717) is 17.1 Å². The summed E-state index contributed by atoms with van der Waals surface area (Å²) in [6.45, 7) is 2.12. The second-order valence-corrected chi connectivity index (χ2v) is 7.47. The minimum absolute atomic E-state index is 0.0412. The molecule has 2 aromatic carbocycles. The van der Waals surface area contributed by atoms with Crippen molar-refractivity contribution >= 4 is 35.6 Å². The molecule has 1 aromatic heterocycles. The van der Waals surface area contributed by atoms with Gasteiger partial charge >= 0.3 is 12.0 Å². The lowest BCUT2D eigenvalue weighted by Gasteiger charge is -2.11. The first-order valence-electron chi connectivity index (χ1n) is 9.35. The second kappa shape index (κ2) is 8.12. The number of benzene rings is 2. The van der Waals surface area contributed by atoms with Crippen LogP contribution in [0, 0.1) is 6.92 Å². The van der Waals surface area contributed by atoms with Crippen LogP contribution >= 0.6 is 11.6 Å². The average Bonchev–Trinajstić information content (AvgIpc) is 3.30. The van der Waals surface area contributed by atoms with Gasteiger partial charge in [-0.25, -0.2) is 9.59 Å². The van der Waals surface area contributed by atoms with E-state index >= 15 is 0 Å². The standard InChI is InChI=1S/C23H17ClN2O5/c1-13-2-4-14(5-3-13)12-26-21(27)19(25-23(26)30)11-16-7-9-20(31-16)15-6-8-18(24)17(10-15)22(28)29/h2-11H,12H2,1H3,(H,25,30)(H,28,29)/b19-11-. The molecule has 3 aromatic rings. The number of carbonyl (C=O) groups is 3. The van der Waals surface area contributed by atoms with Gasteiger partial charge in [0.2, 0.25) is 0 Å². The molecule has 2 N–H and O–H groups in total. The van der Waals surface area contributed by atoms with Crippen molar-refractivity contribution in [3.8, 4) is 11.3 Å². The van der Waals surface area contributed by atoms with Crippen molar-refractivity contribution in [3.05, 3.63) is 87.8 Å². The summed E-state index contributed by atoms with van der Waals surface area (Å²) in [4.78, 5) is 37.4. The fourth-order valence-corrected chi connectivity index (χ4v) is 3.36. The molecule has 156 valence electrons. The molecule has 0 aliphatic carbocycles. The third-order valence-corrected chi connectivity index (χ3v) is 5.15. The molecule has 0 saturated carbocycles. The van der Waals surface area contributed by atoms with Crippen LogP contribution in [0.25, 0.3) is 17.4 Å². The van der Waals surface area contributed by atoms with E-state index in [0.717, 1.165) is 16.0 Å². The number of carboxylic acid groups (broad SMARTS) is 1. The number of hydrogen-bond donors (Lipinski definition) is 2. The lowest BCUT2D eigenvalue weighted by molar-refractivity contribution is -0.123. The number of furan rings is 1. The van der Waals surface area contributed by atoms with Crippen molar-refractivity contribution in [1.82, 2.24) is 10.2 Å². The number of aryl methyl sites for hydroxylation is 1. The first kappa shape index (κ1) is 20.4. The predicted octanol–water partition coefficient (Wildman–Crippen LogP) is 4.70. The van der Waals surface area contributed by atoms with E-state index in [4.69, 9.17) is 16.0 Å². The fourth-order valence-electron chi connectivity index (χ4n) is 3.16. The maximum absolute atomic E-state index is 12.7. The summed E-state index contributed by atoms with van der Waals surface area (Å²) >= 11 is 5.90. The van der Waals surface area contributed by atoms with E-state index in [1.807, 2.05) is 31.2 Å². The molecule has 2 heterocycles. The Labute approximate surface area is 182 Å². The highest BCUT2D eigenvalue weighted by molar-refractivity contribution is 6.33. The molecule has 0 spiro atoms. The van der Waals surface area contributed by atoms with Crippen molar-refractivity contribution in [2.75, 3.05) is 0 Å². The summed E-state index contributed by atoms with van der Waals surface area (Å²) in [6.07, 6.45) is 1.44. The minimum Gasteiger partial charge on any atom is -0.478 e. The summed E-state index contributed by atoms with van der Waals surface area (Å²) in [5, 5.41) is 11.9. The average molecular weight is 437 g/mol. The molecular formula is C23H17ClN2O5. The van der Waals surface area contributed by atoms with Crippen molar-refractivity contribution in [2.24, 2.45) is 0 Å². The zero-order valence-corrected chi connectivity index (χ0v) is 17.1. The number of carbonyl (C=O) groups excluding carboxylic acids is 2. The molecule has 0 radical (unpaired) electrons. The van der Waals surface area contributed by atoms with Crippen LogP contribution in [0.4, 0.5) is 4.79 Å². The molecule has 0 bridgehead atoms. The second-order valence-electron chi connectivity index (χ2n) is 7.07. The van der Waals surface area contributed by atoms with Gasteiger partial charge in [-0.15, -0.1) is 0 Å². The highest BCUT2D eigenvalue weighted by atomic mass is 35.5. The van der Waals surface area contributed by atoms with Crippen LogP contribution < -0.4 is 5.32 Å². The maximum Gasteiger partial charge on any atom is 0.337 e. The van der Waals surface area contributed by atoms with Gasteiger partial charge in [0.1, 0.15) is 17.2 Å². The van der Waals surface area contributed by atoms with Gasteiger partial charge in [-0.2, -0.15) is 0 Å². The smallest absolute Gasteiger partial charge is 0.337 e. The number of halogens is 1. The Balaban J connectivity index is 1.55. The Morgan fingerprint density at radius 1 is 1.13 bits per heavy atom. The van der Waals surface area contributed by atoms with E-state index in [-0.39, 0.29) is 22.8 Å². The first-order chi connectivity index (χ1) is 14.8. The predicted molar refractivity (Wildman–Crippen MR) is 114 cm³/mol. The molecule has 0 atom stereocenters. The number of urea groups is 1. The number of amides is 3.